The Hall–Kier alpha value is -3.22. The molecule has 30 heavy (non-hydrogen) atoms. The Labute approximate surface area is 178 Å². The summed E-state index contributed by atoms with van der Waals surface area (Å²) in [6.45, 7) is 1.73. The van der Waals surface area contributed by atoms with E-state index in [4.69, 9.17) is 16.7 Å². The van der Waals surface area contributed by atoms with Gasteiger partial charge in [-0.15, -0.1) is 0 Å². The summed E-state index contributed by atoms with van der Waals surface area (Å²) >= 11 is 6.35. The molecule has 0 radical (unpaired) electrons. The maximum absolute atomic E-state index is 13.4. The van der Waals surface area contributed by atoms with Crippen molar-refractivity contribution in [1.29, 1.82) is 0 Å². The van der Waals surface area contributed by atoms with Gasteiger partial charge in [0, 0.05) is 34.6 Å². The van der Waals surface area contributed by atoms with Crippen molar-refractivity contribution in [3.8, 4) is 0 Å². The molecule has 0 spiro atoms. The summed E-state index contributed by atoms with van der Waals surface area (Å²) in [6, 6.07) is 15.7. The van der Waals surface area contributed by atoms with Crippen LogP contribution in [0.4, 0.5) is 15.8 Å². The number of aliphatic hydroxyl groups is 1. The van der Waals surface area contributed by atoms with Crippen LogP contribution in [0.5, 0.6) is 0 Å². The lowest BCUT2D eigenvalue weighted by molar-refractivity contribution is 0.0944. The predicted octanol–water partition coefficient (Wildman–Crippen LogP) is 4.48. The third-order valence-electron chi connectivity index (χ3n) is 4.47. The number of nitrogens with one attached hydrogen (secondary N) is 2. The Morgan fingerprint density at radius 1 is 1.00 bits per heavy atom. The normalized spacial score (nSPS) is 10.5. The molecule has 0 saturated carbocycles. The van der Waals surface area contributed by atoms with Crippen LogP contribution in [0, 0.1) is 12.7 Å². The lowest BCUT2D eigenvalue weighted by Crippen LogP contribution is -2.26. The summed E-state index contributed by atoms with van der Waals surface area (Å²) in [6.07, 6.45) is 0. The van der Waals surface area contributed by atoms with Crippen LogP contribution in [0.15, 0.2) is 60.7 Å². The van der Waals surface area contributed by atoms with Gasteiger partial charge in [0.25, 0.3) is 5.91 Å². The molecule has 0 bridgehead atoms. The van der Waals surface area contributed by atoms with Crippen LogP contribution in [0.25, 0.3) is 0 Å². The smallest absolute Gasteiger partial charge is 0.251 e. The highest BCUT2D eigenvalue weighted by atomic mass is 35.5. The van der Waals surface area contributed by atoms with Gasteiger partial charge in [-0.25, -0.2) is 4.39 Å². The summed E-state index contributed by atoms with van der Waals surface area (Å²) < 4.78 is 13.4. The molecule has 3 N–H and O–H groups in total. The molecule has 5 nitrogen and oxygen atoms in total. The summed E-state index contributed by atoms with van der Waals surface area (Å²) in [5.74, 6) is -1.05. The molecule has 3 rings (SSSR count). The molecule has 0 aliphatic heterocycles. The number of amides is 1. The molecule has 3 aromatic rings. The highest BCUT2D eigenvalue weighted by Crippen LogP contribution is 2.27. The fraction of sp³-hybridized carbons (Fsp3) is 0.130. The number of rotatable bonds is 7. The monoisotopic (exact) mass is 426 g/mol. The Morgan fingerprint density at radius 3 is 2.47 bits per heavy atom. The van der Waals surface area contributed by atoms with Crippen molar-refractivity contribution in [3.05, 3.63) is 93.8 Å². The first-order valence-corrected chi connectivity index (χ1v) is 9.63. The number of benzene rings is 3. The van der Waals surface area contributed by atoms with Gasteiger partial charge in [-0.1, -0.05) is 23.7 Å². The molecule has 0 aromatic heterocycles. The van der Waals surface area contributed by atoms with Crippen molar-refractivity contribution in [3.63, 3.8) is 0 Å². The van der Waals surface area contributed by atoms with E-state index in [0.29, 0.717) is 28.1 Å². The fourth-order valence-corrected chi connectivity index (χ4v) is 3.20. The van der Waals surface area contributed by atoms with Gasteiger partial charge in [0.05, 0.1) is 11.6 Å². The Morgan fingerprint density at radius 2 is 1.77 bits per heavy atom. The van der Waals surface area contributed by atoms with Gasteiger partial charge < -0.3 is 15.7 Å². The van der Waals surface area contributed by atoms with E-state index in [2.05, 4.69) is 10.6 Å². The number of carbonyl (C=O) groups excluding carboxylic acids is 2. The topological polar surface area (TPSA) is 78.4 Å². The molecule has 0 fully saturated rings. The van der Waals surface area contributed by atoms with E-state index < -0.39 is 0 Å². The minimum Gasteiger partial charge on any atom is -0.395 e. The number of hydrogen-bond acceptors (Lipinski definition) is 4. The molecule has 0 saturated heterocycles. The van der Waals surface area contributed by atoms with Crippen LogP contribution in [0.3, 0.4) is 0 Å². The lowest BCUT2D eigenvalue weighted by Gasteiger charge is -2.12. The second kappa shape index (κ2) is 9.52. The third-order valence-corrected chi connectivity index (χ3v) is 4.78. The molecule has 154 valence electrons. The number of aryl methyl sites for hydroxylation is 1. The van der Waals surface area contributed by atoms with E-state index in [0.717, 1.165) is 0 Å². The second-order valence-electron chi connectivity index (χ2n) is 6.67. The zero-order valence-corrected chi connectivity index (χ0v) is 17.0. The maximum Gasteiger partial charge on any atom is 0.251 e. The number of anilines is 2. The molecule has 3 aromatic carbocycles. The van der Waals surface area contributed by atoms with Gasteiger partial charge in [-0.05, 0) is 61.0 Å². The van der Waals surface area contributed by atoms with Crippen LogP contribution in [0.1, 0.15) is 31.8 Å². The maximum atomic E-state index is 13.4. The highest BCUT2D eigenvalue weighted by molar-refractivity contribution is 6.35. The first-order valence-electron chi connectivity index (χ1n) is 9.25. The fourth-order valence-electron chi connectivity index (χ4n) is 2.93. The van der Waals surface area contributed by atoms with E-state index in [1.807, 2.05) is 0 Å². The Balaban J connectivity index is 1.85. The summed E-state index contributed by atoms with van der Waals surface area (Å²) in [4.78, 5) is 25.2. The number of carbonyl (C=O) groups is 2. The van der Waals surface area contributed by atoms with E-state index >= 15 is 0 Å². The van der Waals surface area contributed by atoms with Crippen LogP contribution >= 0.6 is 11.6 Å². The molecule has 0 aliphatic rings. The summed E-state index contributed by atoms with van der Waals surface area (Å²) in [5.41, 5.74) is 2.84. The van der Waals surface area contributed by atoms with E-state index in [9.17, 15) is 14.0 Å². The molecule has 0 atom stereocenters. The Kier molecular flexibility index (Phi) is 6.82. The number of ketones is 1. The van der Waals surface area contributed by atoms with E-state index in [1.54, 1.807) is 49.4 Å². The summed E-state index contributed by atoms with van der Waals surface area (Å²) in [5, 5.41) is 14.7. The van der Waals surface area contributed by atoms with Crippen molar-refractivity contribution in [2.75, 3.05) is 18.5 Å². The SMILES string of the molecule is Cc1ccc(C(=O)NCCO)cc1C(=O)c1ccc(Nc2cccc(F)c2)cc1Cl. The van der Waals surface area contributed by atoms with E-state index in [1.165, 1.54) is 18.2 Å². The molecule has 1 amide bonds. The second-order valence-corrected chi connectivity index (χ2v) is 7.08. The molecular weight excluding hydrogens is 407 g/mol. The third kappa shape index (κ3) is 5.03. The van der Waals surface area contributed by atoms with Gasteiger partial charge >= 0.3 is 0 Å². The Bertz CT molecular complexity index is 1100. The van der Waals surface area contributed by atoms with Crippen molar-refractivity contribution in [2.24, 2.45) is 0 Å². The van der Waals surface area contributed by atoms with Crippen LogP contribution < -0.4 is 10.6 Å². The molecule has 7 heteroatoms. The standard InChI is InChI=1S/C23H20ClFN2O3/c1-14-5-6-15(23(30)26-9-10-28)11-20(14)22(29)19-8-7-18(13-21(19)24)27-17-4-2-3-16(25)12-17/h2-8,11-13,27-28H,9-10H2,1H3,(H,26,30). The molecule has 0 heterocycles. The van der Waals surface area contributed by atoms with Gasteiger partial charge in [0.1, 0.15) is 5.82 Å². The molecule has 0 aliphatic carbocycles. The van der Waals surface area contributed by atoms with Gasteiger partial charge in [-0.2, -0.15) is 0 Å². The number of hydrogen-bond donors (Lipinski definition) is 3. The van der Waals surface area contributed by atoms with Gasteiger partial charge in [0.2, 0.25) is 0 Å². The lowest BCUT2D eigenvalue weighted by atomic mass is 9.96. The zero-order valence-electron chi connectivity index (χ0n) is 16.2. The van der Waals surface area contributed by atoms with Crippen molar-refractivity contribution in [2.45, 2.75) is 6.92 Å². The first kappa shape index (κ1) is 21.5. The van der Waals surface area contributed by atoms with E-state index in [-0.39, 0.29) is 41.2 Å². The predicted molar refractivity (Wildman–Crippen MR) is 115 cm³/mol. The average molecular weight is 427 g/mol. The number of halogens is 2. The minimum absolute atomic E-state index is 0.127. The highest BCUT2D eigenvalue weighted by Gasteiger charge is 2.18. The average Bonchev–Trinajstić information content (AvgIpc) is 2.72. The zero-order chi connectivity index (χ0) is 21.7. The van der Waals surface area contributed by atoms with Gasteiger partial charge in [0.15, 0.2) is 5.78 Å². The van der Waals surface area contributed by atoms with Crippen molar-refractivity contribution in [1.82, 2.24) is 5.32 Å². The number of aliphatic hydroxyl groups excluding tert-OH is 1. The summed E-state index contributed by atoms with van der Waals surface area (Å²) in [7, 11) is 0. The van der Waals surface area contributed by atoms with Gasteiger partial charge in [-0.3, -0.25) is 9.59 Å². The van der Waals surface area contributed by atoms with Crippen LogP contribution in [-0.4, -0.2) is 29.9 Å². The largest absolute Gasteiger partial charge is 0.395 e. The quantitative estimate of drug-likeness (QED) is 0.486. The minimum atomic E-state index is -0.376. The first-order chi connectivity index (χ1) is 14.4. The molecular formula is C23H20ClFN2O3. The van der Waals surface area contributed by atoms with Crippen LogP contribution in [-0.2, 0) is 0 Å². The van der Waals surface area contributed by atoms with Crippen molar-refractivity contribution >= 4 is 34.7 Å². The molecule has 0 unspecified atom stereocenters. The van der Waals surface area contributed by atoms with Crippen LogP contribution in [0.2, 0.25) is 5.02 Å². The van der Waals surface area contributed by atoms with Crippen molar-refractivity contribution < 1.29 is 19.1 Å².